The Morgan fingerprint density at radius 3 is 2.29 bits per heavy atom. The highest BCUT2D eigenvalue weighted by molar-refractivity contribution is 6.37. The van der Waals surface area contributed by atoms with Crippen molar-refractivity contribution >= 4 is 29.0 Å². The van der Waals surface area contributed by atoms with Crippen molar-refractivity contribution < 1.29 is 18.7 Å². The van der Waals surface area contributed by atoms with Crippen molar-refractivity contribution in [3.05, 3.63) is 96.3 Å². The fourth-order valence-electron chi connectivity index (χ4n) is 3.33. The second-order valence-corrected chi connectivity index (χ2v) is 6.99. The number of anilines is 2. The number of nitrogens with zero attached hydrogens (tertiary/aromatic N) is 2. The minimum absolute atomic E-state index is 0.154. The number of carbonyl (C=O) groups excluding carboxylic acids is 2. The average Bonchev–Trinajstić information content (AvgIpc) is 3.26. The fourth-order valence-corrected chi connectivity index (χ4v) is 3.33. The number of carbonyl (C=O) groups is 2. The molecule has 0 fully saturated rings. The summed E-state index contributed by atoms with van der Waals surface area (Å²) in [5.41, 5.74) is 2.53. The predicted molar refractivity (Wildman–Crippen MR) is 116 cm³/mol. The van der Waals surface area contributed by atoms with Crippen LogP contribution in [-0.2, 0) is 14.3 Å². The van der Waals surface area contributed by atoms with Gasteiger partial charge in [-0.1, -0.05) is 48.5 Å². The molecule has 7 heteroatoms. The topological polar surface area (TPSA) is 71.0 Å². The molecule has 0 spiro atoms. The lowest BCUT2D eigenvalue weighted by Gasteiger charge is -2.23. The standard InChI is InChI=1S/C24H20FN3O3/c25-18-11-13-19(14-12-18)26-23(29)16-31-24(30)21-15-22(17-7-3-1-4-8-17)28(27-21)20-9-5-2-6-10-20/h1-14,22H,15-16H2,(H,26,29). The number of ether oxygens (including phenoxy) is 1. The van der Waals surface area contributed by atoms with Crippen LogP contribution >= 0.6 is 0 Å². The number of hydrogen-bond acceptors (Lipinski definition) is 5. The molecule has 4 rings (SSSR count). The van der Waals surface area contributed by atoms with E-state index in [4.69, 9.17) is 4.74 Å². The third-order valence-electron chi connectivity index (χ3n) is 4.81. The molecule has 0 aromatic heterocycles. The molecule has 1 heterocycles. The van der Waals surface area contributed by atoms with Crippen LogP contribution in [-0.4, -0.2) is 24.2 Å². The number of esters is 1. The highest BCUT2D eigenvalue weighted by atomic mass is 19.1. The Morgan fingerprint density at radius 2 is 1.61 bits per heavy atom. The van der Waals surface area contributed by atoms with Crippen LogP contribution in [0.15, 0.2) is 90.0 Å². The molecule has 31 heavy (non-hydrogen) atoms. The Kier molecular flexibility index (Phi) is 6.03. The Morgan fingerprint density at radius 1 is 0.968 bits per heavy atom. The van der Waals surface area contributed by atoms with Crippen LogP contribution < -0.4 is 10.3 Å². The second-order valence-electron chi connectivity index (χ2n) is 6.99. The molecule has 6 nitrogen and oxygen atoms in total. The van der Waals surface area contributed by atoms with Crippen molar-refractivity contribution in [1.29, 1.82) is 0 Å². The number of rotatable bonds is 6. The average molecular weight is 417 g/mol. The van der Waals surface area contributed by atoms with E-state index in [2.05, 4.69) is 10.4 Å². The zero-order chi connectivity index (χ0) is 21.6. The maximum Gasteiger partial charge on any atom is 0.355 e. The Balaban J connectivity index is 1.43. The lowest BCUT2D eigenvalue weighted by molar-refractivity contribution is -0.140. The number of amides is 1. The summed E-state index contributed by atoms with van der Waals surface area (Å²) in [5, 5.41) is 8.84. The van der Waals surface area contributed by atoms with E-state index in [-0.39, 0.29) is 11.8 Å². The third-order valence-corrected chi connectivity index (χ3v) is 4.81. The monoisotopic (exact) mass is 417 g/mol. The zero-order valence-corrected chi connectivity index (χ0v) is 16.6. The molecule has 0 saturated heterocycles. The highest BCUT2D eigenvalue weighted by Crippen LogP contribution is 2.35. The van der Waals surface area contributed by atoms with Crippen molar-refractivity contribution in [1.82, 2.24) is 0 Å². The maximum absolute atomic E-state index is 13.0. The molecule has 1 unspecified atom stereocenters. The smallest absolute Gasteiger partial charge is 0.355 e. The summed E-state index contributed by atoms with van der Waals surface area (Å²) in [6.45, 7) is -0.462. The lowest BCUT2D eigenvalue weighted by atomic mass is 10.0. The van der Waals surface area contributed by atoms with Crippen molar-refractivity contribution in [3.63, 3.8) is 0 Å². The van der Waals surface area contributed by atoms with Gasteiger partial charge in [0.15, 0.2) is 6.61 Å². The van der Waals surface area contributed by atoms with Gasteiger partial charge in [-0.05, 0) is 42.0 Å². The number of para-hydroxylation sites is 1. The van der Waals surface area contributed by atoms with E-state index in [1.807, 2.05) is 60.7 Å². The number of halogens is 1. The molecule has 1 aliphatic heterocycles. The highest BCUT2D eigenvalue weighted by Gasteiger charge is 2.33. The minimum Gasteiger partial charge on any atom is -0.451 e. The Labute approximate surface area is 179 Å². The van der Waals surface area contributed by atoms with Gasteiger partial charge in [-0.25, -0.2) is 9.18 Å². The van der Waals surface area contributed by atoms with Crippen molar-refractivity contribution in [3.8, 4) is 0 Å². The molecule has 1 aliphatic rings. The van der Waals surface area contributed by atoms with Crippen molar-refractivity contribution in [2.45, 2.75) is 12.5 Å². The summed E-state index contributed by atoms with van der Waals surface area (Å²) >= 11 is 0. The molecule has 3 aromatic rings. The molecular formula is C24H20FN3O3. The zero-order valence-electron chi connectivity index (χ0n) is 16.6. The van der Waals surface area contributed by atoms with Gasteiger partial charge in [-0.3, -0.25) is 9.80 Å². The first-order chi connectivity index (χ1) is 15.1. The number of nitrogens with one attached hydrogen (secondary N) is 1. The van der Waals surface area contributed by atoms with E-state index < -0.39 is 24.3 Å². The van der Waals surface area contributed by atoms with Gasteiger partial charge in [0.1, 0.15) is 11.5 Å². The summed E-state index contributed by atoms with van der Waals surface area (Å²) in [5.74, 6) is -1.56. The van der Waals surface area contributed by atoms with Crippen LogP contribution in [0.1, 0.15) is 18.0 Å². The first-order valence-corrected chi connectivity index (χ1v) is 9.79. The summed E-state index contributed by atoms with van der Waals surface area (Å²) in [4.78, 5) is 24.6. The summed E-state index contributed by atoms with van der Waals surface area (Å²) in [7, 11) is 0. The van der Waals surface area contributed by atoms with Gasteiger partial charge in [-0.2, -0.15) is 5.10 Å². The Hall–Kier alpha value is -4.00. The summed E-state index contributed by atoms with van der Waals surface area (Å²) < 4.78 is 18.1. The number of hydrazone groups is 1. The van der Waals surface area contributed by atoms with Crippen LogP contribution in [0.2, 0.25) is 0 Å². The van der Waals surface area contributed by atoms with Crippen LogP contribution in [0.3, 0.4) is 0 Å². The Bertz CT molecular complexity index is 1090. The van der Waals surface area contributed by atoms with E-state index in [1.54, 1.807) is 5.01 Å². The van der Waals surface area contributed by atoms with E-state index >= 15 is 0 Å². The summed E-state index contributed by atoms with van der Waals surface area (Å²) in [6.07, 6.45) is 0.358. The van der Waals surface area contributed by atoms with Gasteiger partial charge in [0, 0.05) is 12.1 Å². The minimum atomic E-state index is -0.645. The summed E-state index contributed by atoms with van der Waals surface area (Å²) in [6, 6.07) is 24.5. The van der Waals surface area contributed by atoms with Crippen LogP contribution in [0.4, 0.5) is 15.8 Å². The van der Waals surface area contributed by atoms with E-state index in [1.165, 1.54) is 24.3 Å². The SMILES string of the molecule is O=C(COC(=O)C1=NN(c2ccccc2)C(c2ccccc2)C1)Nc1ccc(F)cc1. The van der Waals surface area contributed by atoms with Gasteiger partial charge in [0.25, 0.3) is 5.91 Å². The molecule has 3 aromatic carbocycles. The molecule has 1 amide bonds. The third kappa shape index (κ3) is 4.95. The second kappa shape index (κ2) is 9.21. The van der Waals surface area contributed by atoms with Gasteiger partial charge < -0.3 is 10.1 Å². The van der Waals surface area contributed by atoms with E-state index in [9.17, 15) is 14.0 Å². The van der Waals surface area contributed by atoms with Gasteiger partial charge in [0.2, 0.25) is 0 Å². The molecule has 0 saturated carbocycles. The largest absolute Gasteiger partial charge is 0.451 e. The number of hydrogen-bond donors (Lipinski definition) is 1. The van der Waals surface area contributed by atoms with Crippen molar-refractivity contribution in [2.75, 3.05) is 16.9 Å². The van der Waals surface area contributed by atoms with Gasteiger partial charge in [-0.15, -0.1) is 0 Å². The maximum atomic E-state index is 13.0. The normalized spacial score (nSPS) is 15.3. The fraction of sp³-hybridized carbons (Fsp3) is 0.125. The first-order valence-electron chi connectivity index (χ1n) is 9.79. The van der Waals surface area contributed by atoms with Crippen LogP contribution in [0.5, 0.6) is 0 Å². The molecular weight excluding hydrogens is 397 g/mol. The van der Waals surface area contributed by atoms with Gasteiger partial charge in [0.05, 0.1) is 11.7 Å². The van der Waals surface area contributed by atoms with Crippen LogP contribution in [0.25, 0.3) is 0 Å². The van der Waals surface area contributed by atoms with Crippen molar-refractivity contribution in [2.24, 2.45) is 5.10 Å². The van der Waals surface area contributed by atoms with E-state index in [0.717, 1.165) is 11.3 Å². The molecule has 1 N–H and O–H groups in total. The molecule has 1 atom stereocenters. The predicted octanol–water partition coefficient (Wildman–Crippen LogP) is 4.32. The van der Waals surface area contributed by atoms with Gasteiger partial charge >= 0.3 is 5.97 Å². The first kappa shape index (κ1) is 20.3. The van der Waals surface area contributed by atoms with E-state index in [0.29, 0.717) is 12.1 Å². The molecule has 0 bridgehead atoms. The molecule has 0 radical (unpaired) electrons. The number of benzene rings is 3. The quantitative estimate of drug-likeness (QED) is 0.607. The molecule has 156 valence electrons. The van der Waals surface area contributed by atoms with Crippen LogP contribution in [0, 0.1) is 5.82 Å². The lowest BCUT2D eigenvalue weighted by Crippen LogP contribution is -2.24. The molecule has 0 aliphatic carbocycles.